The third-order valence-electron chi connectivity index (χ3n) is 2.19. The van der Waals surface area contributed by atoms with Gasteiger partial charge in [0.2, 0.25) is 10.0 Å². The Bertz CT molecular complexity index is 509. The van der Waals surface area contributed by atoms with Crippen molar-refractivity contribution in [3.05, 3.63) is 29.0 Å². The monoisotopic (exact) mass is 311 g/mol. The van der Waals surface area contributed by atoms with Crippen molar-refractivity contribution in [2.24, 2.45) is 0 Å². The Morgan fingerprint density at radius 2 is 2.11 bits per heavy atom. The maximum absolute atomic E-state index is 12.9. The molecule has 1 aromatic rings. The largest absolute Gasteiger partial charge is 0.394 e. The Kier molecular flexibility index (Phi) is 6.67. The predicted octanol–water partition coefficient (Wildman–Crippen LogP) is 1.16. The van der Waals surface area contributed by atoms with Crippen molar-refractivity contribution in [3.63, 3.8) is 0 Å². The Balaban J connectivity index is 2.49. The van der Waals surface area contributed by atoms with Crippen molar-refractivity contribution in [3.8, 4) is 0 Å². The summed E-state index contributed by atoms with van der Waals surface area (Å²) in [7, 11) is -3.70. The number of hydrogen-bond acceptors (Lipinski definition) is 4. The van der Waals surface area contributed by atoms with Gasteiger partial charge < -0.3 is 9.84 Å². The van der Waals surface area contributed by atoms with E-state index in [1.807, 2.05) is 0 Å². The van der Waals surface area contributed by atoms with Gasteiger partial charge in [-0.1, -0.05) is 11.6 Å². The van der Waals surface area contributed by atoms with E-state index >= 15 is 0 Å². The molecule has 0 aliphatic carbocycles. The summed E-state index contributed by atoms with van der Waals surface area (Å²) in [6.45, 7) is 0.677. The lowest BCUT2D eigenvalue weighted by Gasteiger charge is -2.07. The Morgan fingerprint density at radius 3 is 2.74 bits per heavy atom. The molecular weight excluding hydrogens is 297 g/mol. The summed E-state index contributed by atoms with van der Waals surface area (Å²) in [5, 5.41) is 8.23. The quantitative estimate of drug-likeness (QED) is 0.706. The number of halogens is 2. The Hall–Kier alpha value is -0.730. The molecule has 0 unspecified atom stereocenters. The van der Waals surface area contributed by atoms with Crippen molar-refractivity contribution in [2.45, 2.75) is 11.3 Å². The number of nitrogens with one attached hydrogen (secondary N) is 1. The van der Waals surface area contributed by atoms with Gasteiger partial charge in [-0.05, 0) is 24.6 Å². The third-order valence-corrected chi connectivity index (χ3v) is 3.94. The standard InChI is InChI=1S/C11H15ClFNO4S/c12-10-8-9(2-3-11(10)13)19(16,17)14-4-1-6-18-7-5-15/h2-3,8,14-15H,1,4-7H2. The third kappa shape index (κ3) is 5.42. The van der Waals surface area contributed by atoms with E-state index in [-0.39, 0.29) is 29.7 Å². The summed E-state index contributed by atoms with van der Waals surface area (Å²) in [4.78, 5) is -0.0878. The summed E-state index contributed by atoms with van der Waals surface area (Å²) in [5.74, 6) is -0.668. The van der Waals surface area contributed by atoms with Gasteiger partial charge in [-0.2, -0.15) is 0 Å². The molecule has 0 saturated heterocycles. The molecular formula is C11H15ClFNO4S. The summed E-state index contributed by atoms with van der Waals surface area (Å²) in [6, 6.07) is 3.20. The molecule has 0 aliphatic rings. The second-order valence-electron chi connectivity index (χ2n) is 3.66. The van der Waals surface area contributed by atoms with E-state index < -0.39 is 15.8 Å². The van der Waals surface area contributed by atoms with Crippen LogP contribution in [0.1, 0.15) is 6.42 Å². The van der Waals surface area contributed by atoms with Gasteiger partial charge in [0.25, 0.3) is 0 Å². The molecule has 0 saturated carbocycles. The Morgan fingerprint density at radius 1 is 1.37 bits per heavy atom. The van der Waals surface area contributed by atoms with Crippen LogP contribution in [0.3, 0.4) is 0 Å². The molecule has 0 fully saturated rings. The molecule has 1 rings (SSSR count). The zero-order chi connectivity index (χ0) is 14.3. The second-order valence-corrected chi connectivity index (χ2v) is 5.84. The van der Waals surface area contributed by atoms with E-state index in [2.05, 4.69) is 4.72 Å². The fourth-order valence-corrected chi connectivity index (χ4v) is 2.62. The van der Waals surface area contributed by atoms with Crippen LogP contribution in [0.5, 0.6) is 0 Å². The van der Waals surface area contributed by atoms with Crippen molar-refractivity contribution in [1.29, 1.82) is 0 Å². The molecule has 2 N–H and O–H groups in total. The van der Waals surface area contributed by atoms with Crippen LogP contribution in [0, 0.1) is 5.82 Å². The fraction of sp³-hybridized carbons (Fsp3) is 0.455. The SMILES string of the molecule is O=S(=O)(NCCCOCCO)c1ccc(F)c(Cl)c1. The van der Waals surface area contributed by atoms with Gasteiger partial charge in [-0.3, -0.25) is 0 Å². The van der Waals surface area contributed by atoms with Gasteiger partial charge in [-0.25, -0.2) is 17.5 Å². The Labute approximate surface area is 116 Å². The molecule has 0 aliphatic heterocycles. The normalized spacial score (nSPS) is 11.7. The van der Waals surface area contributed by atoms with Crippen LogP contribution in [0.25, 0.3) is 0 Å². The van der Waals surface area contributed by atoms with E-state index in [0.29, 0.717) is 13.0 Å². The minimum absolute atomic E-state index is 0.0696. The number of hydrogen-bond donors (Lipinski definition) is 2. The second kappa shape index (κ2) is 7.76. The van der Waals surface area contributed by atoms with E-state index in [9.17, 15) is 12.8 Å². The molecule has 1 aromatic carbocycles. The minimum atomic E-state index is -3.70. The molecule has 8 heteroatoms. The average molecular weight is 312 g/mol. The van der Waals surface area contributed by atoms with Crippen molar-refractivity contribution in [2.75, 3.05) is 26.4 Å². The van der Waals surface area contributed by atoms with E-state index in [1.54, 1.807) is 0 Å². The van der Waals surface area contributed by atoms with Crippen LogP contribution in [0.15, 0.2) is 23.1 Å². The highest BCUT2D eigenvalue weighted by atomic mass is 35.5. The first kappa shape index (κ1) is 16.3. The number of sulfonamides is 1. The highest BCUT2D eigenvalue weighted by molar-refractivity contribution is 7.89. The average Bonchev–Trinajstić information content (AvgIpc) is 2.36. The van der Waals surface area contributed by atoms with Crippen molar-refractivity contribution >= 4 is 21.6 Å². The van der Waals surface area contributed by atoms with Gasteiger partial charge >= 0.3 is 0 Å². The zero-order valence-corrected chi connectivity index (χ0v) is 11.7. The smallest absolute Gasteiger partial charge is 0.240 e. The van der Waals surface area contributed by atoms with Crippen LogP contribution in [-0.2, 0) is 14.8 Å². The van der Waals surface area contributed by atoms with Gasteiger partial charge in [0.1, 0.15) is 5.82 Å². The summed E-state index contributed by atoms with van der Waals surface area (Å²) < 4.78 is 43.9. The lowest BCUT2D eigenvalue weighted by molar-refractivity contribution is 0.0913. The van der Waals surface area contributed by atoms with Crippen LogP contribution < -0.4 is 4.72 Å². The molecule has 0 atom stereocenters. The van der Waals surface area contributed by atoms with Crippen molar-refractivity contribution < 1.29 is 22.7 Å². The van der Waals surface area contributed by atoms with Crippen LogP contribution >= 0.6 is 11.6 Å². The fourth-order valence-electron chi connectivity index (χ4n) is 1.27. The molecule has 0 amide bonds. The number of aliphatic hydroxyl groups excluding tert-OH is 1. The van der Waals surface area contributed by atoms with Gasteiger partial charge in [0, 0.05) is 13.2 Å². The summed E-state index contributed by atoms with van der Waals surface area (Å²) in [5.41, 5.74) is 0. The number of benzene rings is 1. The predicted molar refractivity (Wildman–Crippen MR) is 69.1 cm³/mol. The molecule has 0 radical (unpaired) electrons. The number of rotatable bonds is 8. The molecule has 19 heavy (non-hydrogen) atoms. The molecule has 0 aromatic heterocycles. The van der Waals surface area contributed by atoms with E-state index in [4.69, 9.17) is 21.4 Å². The first-order chi connectivity index (χ1) is 8.97. The highest BCUT2D eigenvalue weighted by Crippen LogP contribution is 2.19. The molecule has 0 heterocycles. The first-order valence-corrected chi connectivity index (χ1v) is 7.47. The lowest BCUT2D eigenvalue weighted by atomic mass is 10.3. The molecule has 0 spiro atoms. The van der Waals surface area contributed by atoms with Crippen molar-refractivity contribution in [1.82, 2.24) is 4.72 Å². The molecule has 108 valence electrons. The van der Waals surface area contributed by atoms with E-state index in [1.165, 1.54) is 0 Å². The van der Waals surface area contributed by atoms with Gasteiger partial charge in [-0.15, -0.1) is 0 Å². The molecule has 0 bridgehead atoms. The first-order valence-electron chi connectivity index (χ1n) is 5.60. The lowest BCUT2D eigenvalue weighted by Crippen LogP contribution is -2.25. The van der Waals surface area contributed by atoms with Crippen LogP contribution in [0.2, 0.25) is 5.02 Å². The topological polar surface area (TPSA) is 75.6 Å². The zero-order valence-electron chi connectivity index (χ0n) is 10.1. The highest BCUT2D eigenvalue weighted by Gasteiger charge is 2.14. The maximum Gasteiger partial charge on any atom is 0.240 e. The molecule has 5 nitrogen and oxygen atoms in total. The summed E-state index contributed by atoms with van der Waals surface area (Å²) >= 11 is 5.53. The van der Waals surface area contributed by atoms with E-state index in [0.717, 1.165) is 18.2 Å². The van der Waals surface area contributed by atoms with Crippen LogP contribution in [0.4, 0.5) is 4.39 Å². The maximum atomic E-state index is 12.9. The van der Waals surface area contributed by atoms with Gasteiger partial charge in [0.05, 0.1) is 23.1 Å². The van der Waals surface area contributed by atoms with Crippen LogP contribution in [-0.4, -0.2) is 39.9 Å². The minimum Gasteiger partial charge on any atom is -0.394 e. The summed E-state index contributed by atoms with van der Waals surface area (Å²) in [6.07, 6.45) is 0.466. The van der Waals surface area contributed by atoms with Gasteiger partial charge in [0.15, 0.2) is 0 Å². The number of ether oxygens (including phenoxy) is 1. The number of aliphatic hydroxyl groups is 1.